The predicted molar refractivity (Wildman–Crippen MR) is 111 cm³/mol. The third-order valence-electron chi connectivity index (χ3n) is 6.75. The highest BCUT2D eigenvalue weighted by molar-refractivity contribution is 5.79. The molecule has 2 aliphatic carbocycles. The van der Waals surface area contributed by atoms with Gasteiger partial charge in [0.25, 0.3) is 0 Å². The Labute approximate surface area is 164 Å². The van der Waals surface area contributed by atoms with Crippen LogP contribution < -0.4 is 0 Å². The van der Waals surface area contributed by atoms with Gasteiger partial charge in [0.1, 0.15) is 0 Å². The smallest absolute Gasteiger partial charge is 0.226 e. The number of benzene rings is 1. The Morgan fingerprint density at radius 3 is 2.67 bits per heavy atom. The molecule has 0 unspecified atom stereocenters. The summed E-state index contributed by atoms with van der Waals surface area (Å²) in [5.41, 5.74) is 2.84. The van der Waals surface area contributed by atoms with Crippen molar-refractivity contribution in [1.29, 1.82) is 0 Å². The van der Waals surface area contributed by atoms with Gasteiger partial charge in [0.2, 0.25) is 5.91 Å². The quantitative estimate of drug-likeness (QED) is 0.709. The lowest BCUT2D eigenvalue weighted by Gasteiger charge is -2.34. The fourth-order valence-corrected chi connectivity index (χ4v) is 5.06. The Hall–Kier alpha value is -1.61. The predicted octanol–water partition coefficient (Wildman–Crippen LogP) is 4.07. The van der Waals surface area contributed by atoms with Gasteiger partial charge in [0, 0.05) is 25.6 Å². The minimum Gasteiger partial charge on any atom is -0.341 e. The third kappa shape index (κ3) is 4.82. The highest BCUT2D eigenvalue weighted by Crippen LogP contribution is 2.28. The van der Waals surface area contributed by atoms with Crippen molar-refractivity contribution in [3.8, 4) is 0 Å². The minimum absolute atomic E-state index is 0.178. The molecule has 1 aliphatic heterocycles. The molecule has 146 valence electrons. The second kappa shape index (κ2) is 9.05. The molecule has 0 aromatic heterocycles. The fourth-order valence-electron chi connectivity index (χ4n) is 5.06. The number of nitrogens with zero attached hydrogens (tertiary/aromatic N) is 2. The maximum Gasteiger partial charge on any atom is 0.226 e. The lowest BCUT2D eigenvalue weighted by molar-refractivity contribution is -0.136. The summed E-state index contributed by atoms with van der Waals surface area (Å²) in [7, 11) is 0. The molecule has 0 radical (unpaired) electrons. The molecular weight excluding hydrogens is 332 g/mol. The van der Waals surface area contributed by atoms with E-state index in [9.17, 15) is 4.79 Å². The van der Waals surface area contributed by atoms with Crippen molar-refractivity contribution in [2.24, 2.45) is 11.8 Å². The Bertz CT molecular complexity index is 662. The average Bonchev–Trinajstić information content (AvgIpc) is 3.24. The normalized spacial score (nSPS) is 25.3. The molecule has 1 aromatic rings. The molecule has 1 heterocycles. The summed E-state index contributed by atoms with van der Waals surface area (Å²) in [6.07, 6.45) is 13.8. The summed E-state index contributed by atoms with van der Waals surface area (Å²) >= 11 is 0. The van der Waals surface area contributed by atoms with Crippen LogP contribution in [0.15, 0.2) is 36.4 Å². The van der Waals surface area contributed by atoms with E-state index in [2.05, 4.69) is 46.2 Å². The second-order valence-electron chi connectivity index (χ2n) is 8.69. The first-order valence-electron chi connectivity index (χ1n) is 11.0. The number of carbonyl (C=O) groups is 1. The molecule has 4 rings (SSSR count). The van der Waals surface area contributed by atoms with E-state index in [0.717, 1.165) is 45.3 Å². The lowest BCUT2D eigenvalue weighted by Crippen LogP contribution is -2.44. The first kappa shape index (κ1) is 18.7. The van der Waals surface area contributed by atoms with Gasteiger partial charge >= 0.3 is 0 Å². The number of aryl methyl sites for hydroxylation is 1. The number of hydrogen-bond donors (Lipinski definition) is 0. The molecular formula is C24H34N2O. The molecule has 0 bridgehead atoms. The van der Waals surface area contributed by atoms with Crippen molar-refractivity contribution in [2.75, 3.05) is 32.7 Å². The number of hydrogen-bond acceptors (Lipinski definition) is 2. The van der Waals surface area contributed by atoms with Crippen LogP contribution in [-0.2, 0) is 17.6 Å². The van der Waals surface area contributed by atoms with Crippen LogP contribution in [0.5, 0.6) is 0 Å². The number of fused-ring (bicyclic) bond motifs is 1. The van der Waals surface area contributed by atoms with Crippen molar-refractivity contribution in [2.45, 2.75) is 51.4 Å². The summed E-state index contributed by atoms with van der Waals surface area (Å²) in [6, 6.07) is 8.69. The zero-order valence-electron chi connectivity index (χ0n) is 16.6. The first-order chi connectivity index (χ1) is 13.3. The molecule has 1 aromatic carbocycles. The zero-order chi connectivity index (χ0) is 18.5. The summed E-state index contributed by atoms with van der Waals surface area (Å²) in [5.74, 6) is 1.24. The van der Waals surface area contributed by atoms with Gasteiger partial charge in [-0.25, -0.2) is 0 Å². The molecule has 3 aliphatic rings. The third-order valence-corrected chi connectivity index (χ3v) is 6.75. The van der Waals surface area contributed by atoms with Crippen LogP contribution in [0.1, 0.15) is 49.7 Å². The van der Waals surface area contributed by atoms with Gasteiger partial charge in [-0.05, 0) is 81.5 Å². The summed E-state index contributed by atoms with van der Waals surface area (Å²) in [5, 5.41) is 0. The second-order valence-corrected chi connectivity index (χ2v) is 8.69. The van der Waals surface area contributed by atoms with E-state index in [1.54, 1.807) is 0 Å². The highest BCUT2D eigenvalue weighted by Gasteiger charge is 2.30. The van der Waals surface area contributed by atoms with Crippen LogP contribution in [0.3, 0.4) is 0 Å². The SMILES string of the molecule is O=C([C@H]1CCc2ccccc2C1)N(CCN1CCCC1)C[C@H]1CC=CCC1. The topological polar surface area (TPSA) is 23.6 Å². The molecule has 27 heavy (non-hydrogen) atoms. The highest BCUT2D eigenvalue weighted by atomic mass is 16.2. The molecule has 3 nitrogen and oxygen atoms in total. The van der Waals surface area contributed by atoms with Crippen LogP contribution in [-0.4, -0.2) is 48.4 Å². The van der Waals surface area contributed by atoms with E-state index >= 15 is 0 Å². The van der Waals surface area contributed by atoms with Gasteiger partial charge in [0.05, 0.1) is 0 Å². The van der Waals surface area contributed by atoms with Crippen LogP contribution in [0.25, 0.3) is 0 Å². The van der Waals surface area contributed by atoms with E-state index in [-0.39, 0.29) is 5.92 Å². The summed E-state index contributed by atoms with van der Waals surface area (Å²) in [6.45, 7) is 5.35. The largest absolute Gasteiger partial charge is 0.341 e. The van der Waals surface area contributed by atoms with E-state index in [1.165, 1.54) is 49.9 Å². The monoisotopic (exact) mass is 366 g/mol. The standard InChI is InChI=1S/C24H34N2O/c27-24(23-13-12-21-10-4-5-11-22(21)18-23)26(17-16-25-14-6-7-15-25)19-20-8-2-1-3-9-20/h1-2,4-5,10-11,20,23H,3,6-9,12-19H2/t20-,23-/m0/s1. The number of amides is 1. The number of carbonyl (C=O) groups excluding carboxylic acids is 1. The number of rotatable bonds is 6. The molecule has 1 saturated heterocycles. The van der Waals surface area contributed by atoms with Gasteiger partial charge in [-0.15, -0.1) is 0 Å². The summed E-state index contributed by atoms with van der Waals surface area (Å²) in [4.78, 5) is 18.3. The van der Waals surface area contributed by atoms with Crippen molar-refractivity contribution in [3.63, 3.8) is 0 Å². The Morgan fingerprint density at radius 2 is 1.89 bits per heavy atom. The van der Waals surface area contributed by atoms with Crippen molar-refractivity contribution in [3.05, 3.63) is 47.5 Å². The molecule has 0 N–H and O–H groups in total. The van der Waals surface area contributed by atoms with Crippen LogP contribution in [0.4, 0.5) is 0 Å². The van der Waals surface area contributed by atoms with Gasteiger partial charge in [-0.3, -0.25) is 4.79 Å². The maximum absolute atomic E-state index is 13.5. The molecule has 1 amide bonds. The molecule has 0 saturated carbocycles. The summed E-state index contributed by atoms with van der Waals surface area (Å²) < 4.78 is 0. The first-order valence-corrected chi connectivity index (χ1v) is 11.0. The number of likely N-dealkylation sites (tertiary alicyclic amines) is 1. The average molecular weight is 367 g/mol. The Kier molecular flexibility index (Phi) is 6.28. The van der Waals surface area contributed by atoms with E-state index < -0.39 is 0 Å². The molecule has 2 atom stereocenters. The van der Waals surface area contributed by atoms with Crippen molar-refractivity contribution >= 4 is 5.91 Å². The van der Waals surface area contributed by atoms with Gasteiger partial charge in [-0.1, -0.05) is 36.4 Å². The van der Waals surface area contributed by atoms with E-state index in [0.29, 0.717) is 11.8 Å². The van der Waals surface area contributed by atoms with Crippen LogP contribution in [0.2, 0.25) is 0 Å². The van der Waals surface area contributed by atoms with Crippen molar-refractivity contribution < 1.29 is 4.79 Å². The Morgan fingerprint density at radius 1 is 1.07 bits per heavy atom. The zero-order valence-corrected chi connectivity index (χ0v) is 16.6. The fraction of sp³-hybridized carbons (Fsp3) is 0.625. The maximum atomic E-state index is 13.5. The number of allylic oxidation sites excluding steroid dienone is 2. The van der Waals surface area contributed by atoms with Gasteiger partial charge < -0.3 is 9.80 Å². The van der Waals surface area contributed by atoms with E-state index in [4.69, 9.17) is 0 Å². The van der Waals surface area contributed by atoms with Crippen LogP contribution >= 0.6 is 0 Å². The lowest BCUT2D eigenvalue weighted by atomic mass is 9.83. The van der Waals surface area contributed by atoms with Crippen LogP contribution in [0, 0.1) is 11.8 Å². The van der Waals surface area contributed by atoms with E-state index in [1.807, 2.05) is 0 Å². The molecule has 1 fully saturated rings. The molecule has 0 spiro atoms. The molecule has 3 heteroatoms. The Balaban J connectivity index is 1.41. The van der Waals surface area contributed by atoms with Gasteiger partial charge in [-0.2, -0.15) is 0 Å². The minimum atomic E-state index is 0.178. The van der Waals surface area contributed by atoms with Gasteiger partial charge in [0.15, 0.2) is 0 Å². The van der Waals surface area contributed by atoms with Crippen molar-refractivity contribution in [1.82, 2.24) is 9.80 Å².